The molecule has 4 aromatic rings. The number of hydrazone groups is 1. The molecule has 0 radical (unpaired) electrons. The Bertz CT molecular complexity index is 1560. The Morgan fingerprint density at radius 2 is 1.33 bits per heavy atom. The van der Waals surface area contributed by atoms with E-state index in [1.54, 1.807) is 6.21 Å². The molecule has 3 aliphatic carbocycles. The van der Waals surface area contributed by atoms with Crippen molar-refractivity contribution < 1.29 is 9.59 Å². The predicted molar refractivity (Wildman–Crippen MR) is 139 cm³/mol. The second kappa shape index (κ2) is 7.53. The van der Waals surface area contributed by atoms with Crippen molar-refractivity contribution in [2.45, 2.75) is 25.3 Å². The highest BCUT2D eigenvalue weighted by atomic mass is 16.2. The van der Waals surface area contributed by atoms with E-state index in [4.69, 9.17) is 6.42 Å². The smallest absolute Gasteiger partial charge is 0.254 e. The van der Waals surface area contributed by atoms with Crippen LogP contribution in [-0.2, 0) is 16.1 Å². The van der Waals surface area contributed by atoms with Crippen LogP contribution in [0.15, 0.2) is 77.9 Å². The van der Waals surface area contributed by atoms with E-state index in [2.05, 4.69) is 39.9 Å². The summed E-state index contributed by atoms with van der Waals surface area (Å²) in [6.07, 6.45) is 7.26. The number of imide groups is 1. The number of rotatable bonds is 3. The summed E-state index contributed by atoms with van der Waals surface area (Å²) in [6, 6.07) is 24.4. The van der Waals surface area contributed by atoms with Crippen LogP contribution in [-0.4, -0.2) is 27.6 Å². The van der Waals surface area contributed by atoms with Gasteiger partial charge in [-0.1, -0.05) is 72.7 Å². The molecule has 0 unspecified atom stereocenters. The summed E-state index contributed by atoms with van der Waals surface area (Å²) in [5.41, 5.74) is 7.45. The van der Waals surface area contributed by atoms with Crippen LogP contribution in [0.25, 0.3) is 10.9 Å². The van der Waals surface area contributed by atoms with Crippen molar-refractivity contribution in [2.24, 2.45) is 16.9 Å². The van der Waals surface area contributed by atoms with Crippen LogP contribution in [0.3, 0.4) is 0 Å². The van der Waals surface area contributed by atoms with E-state index in [1.165, 1.54) is 0 Å². The Hall–Kier alpha value is -4.43. The summed E-state index contributed by atoms with van der Waals surface area (Å²) in [7, 11) is 0. The van der Waals surface area contributed by atoms with Gasteiger partial charge in [0, 0.05) is 34.0 Å². The molecule has 0 spiro atoms. The number of para-hydroxylation sites is 1. The van der Waals surface area contributed by atoms with Gasteiger partial charge in [0.05, 0.1) is 24.6 Å². The fourth-order valence-electron chi connectivity index (χ4n) is 6.81. The summed E-state index contributed by atoms with van der Waals surface area (Å²) in [4.78, 5) is 27.6. The third kappa shape index (κ3) is 2.59. The first-order valence-electron chi connectivity index (χ1n) is 12.2. The molecule has 2 heterocycles. The van der Waals surface area contributed by atoms with Gasteiger partial charge in [-0.05, 0) is 35.2 Å². The zero-order chi connectivity index (χ0) is 24.6. The molecule has 36 heavy (non-hydrogen) atoms. The van der Waals surface area contributed by atoms with Gasteiger partial charge in [-0.3, -0.25) is 9.59 Å². The number of hydrogen-bond donors (Lipinski definition) is 0. The lowest BCUT2D eigenvalue weighted by atomic mass is 9.55. The van der Waals surface area contributed by atoms with Crippen LogP contribution >= 0.6 is 0 Å². The van der Waals surface area contributed by atoms with E-state index in [0.29, 0.717) is 6.54 Å². The lowest BCUT2D eigenvalue weighted by Gasteiger charge is -2.45. The van der Waals surface area contributed by atoms with Crippen LogP contribution in [0.4, 0.5) is 0 Å². The molecule has 2 bridgehead atoms. The first kappa shape index (κ1) is 20.9. The van der Waals surface area contributed by atoms with E-state index in [9.17, 15) is 9.59 Å². The van der Waals surface area contributed by atoms with Crippen molar-refractivity contribution in [3.05, 3.63) is 106 Å². The number of hydrogen-bond acceptors (Lipinski definition) is 3. The highest BCUT2D eigenvalue weighted by Gasteiger charge is 2.61. The summed E-state index contributed by atoms with van der Waals surface area (Å²) in [5.74, 6) is 1.13. The Morgan fingerprint density at radius 1 is 0.833 bits per heavy atom. The average molecular weight is 470 g/mol. The third-order valence-corrected chi connectivity index (χ3v) is 8.26. The number of carbonyl (C=O) groups is 2. The molecule has 1 aliphatic heterocycles. The first-order valence-corrected chi connectivity index (χ1v) is 12.2. The predicted octanol–water partition coefficient (Wildman–Crippen LogP) is 4.81. The largest absolute Gasteiger partial charge is 0.333 e. The van der Waals surface area contributed by atoms with E-state index in [-0.39, 0.29) is 23.7 Å². The van der Waals surface area contributed by atoms with E-state index >= 15 is 0 Å². The van der Waals surface area contributed by atoms with Gasteiger partial charge in [-0.25, -0.2) is 0 Å². The van der Waals surface area contributed by atoms with Crippen LogP contribution in [0, 0.1) is 31.1 Å². The lowest BCUT2D eigenvalue weighted by Crippen LogP contribution is -2.41. The van der Waals surface area contributed by atoms with Crippen molar-refractivity contribution in [2.75, 3.05) is 0 Å². The minimum absolute atomic E-state index is 0.136. The van der Waals surface area contributed by atoms with Gasteiger partial charge < -0.3 is 4.57 Å². The third-order valence-electron chi connectivity index (χ3n) is 8.26. The second-order valence-electron chi connectivity index (χ2n) is 9.80. The van der Waals surface area contributed by atoms with Crippen molar-refractivity contribution >= 4 is 28.9 Å². The van der Waals surface area contributed by atoms with Gasteiger partial charge in [0.15, 0.2) is 0 Å². The van der Waals surface area contributed by atoms with Crippen molar-refractivity contribution in [1.82, 2.24) is 9.58 Å². The number of amides is 2. The quantitative estimate of drug-likeness (QED) is 0.246. The molecule has 0 saturated carbocycles. The summed E-state index contributed by atoms with van der Waals surface area (Å²) in [5, 5.41) is 6.65. The minimum Gasteiger partial charge on any atom is -0.333 e. The Labute approximate surface area is 209 Å². The van der Waals surface area contributed by atoms with Crippen molar-refractivity contribution in [3.8, 4) is 12.3 Å². The van der Waals surface area contributed by atoms with Crippen molar-refractivity contribution in [1.29, 1.82) is 0 Å². The molecule has 1 aromatic heterocycles. The zero-order valence-corrected chi connectivity index (χ0v) is 19.8. The second-order valence-corrected chi connectivity index (χ2v) is 9.80. The van der Waals surface area contributed by atoms with Crippen molar-refractivity contribution in [3.63, 3.8) is 0 Å². The number of benzene rings is 3. The van der Waals surface area contributed by atoms with E-state index < -0.39 is 11.8 Å². The van der Waals surface area contributed by atoms with Crippen LogP contribution in [0.2, 0.25) is 0 Å². The van der Waals surface area contributed by atoms with Crippen LogP contribution in [0.1, 0.15) is 45.3 Å². The maximum atomic E-state index is 13.8. The molecule has 174 valence electrons. The Balaban J connectivity index is 1.33. The van der Waals surface area contributed by atoms with Gasteiger partial charge >= 0.3 is 0 Å². The zero-order valence-electron chi connectivity index (χ0n) is 19.8. The molecule has 8 rings (SSSR count). The molecule has 1 fully saturated rings. The standard InChI is InChI=1S/C31H23N3O2/c1-3-16-33-18(2)24(19-10-8-9-15-25(19)33)17-32-34-30(35)28-26-20-11-4-5-12-21(20)27(29(28)31(34)36)23-14-7-6-13-22(23)26/h1,4-15,17,26-29H,16H2,2H3/b32-17-/t26?,27?,28-,29-/m0/s1. The highest BCUT2D eigenvalue weighted by Crippen LogP contribution is 2.60. The normalized spacial score (nSPS) is 23.7. The highest BCUT2D eigenvalue weighted by molar-refractivity contribution is 6.09. The molecule has 5 heteroatoms. The number of carbonyl (C=O) groups excluding carboxylic acids is 2. The van der Waals surface area contributed by atoms with Gasteiger partial charge in [0.2, 0.25) is 0 Å². The number of fused-ring (bicyclic) bond motifs is 1. The van der Waals surface area contributed by atoms with Gasteiger partial charge in [0.25, 0.3) is 11.8 Å². The van der Waals surface area contributed by atoms with E-state index in [0.717, 1.165) is 49.4 Å². The maximum absolute atomic E-state index is 13.8. The van der Waals surface area contributed by atoms with Crippen LogP contribution in [0.5, 0.6) is 0 Å². The monoisotopic (exact) mass is 469 g/mol. The van der Waals surface area contributed by atoms with Gasteiger partial charge in [0.1, 0.15) is 0 Å². The summed E-state index contributed by atoms with van der Waals surface area (Å²) in [6.45, 7) is 2.42. The van der Waals surface area contributed by atoms with Crippen LogP contribution < -0.4 is 0 Å². The number of aromatic nitrogens is 1. The SMILES string of the molecule is C#CCn1c(C)c(/C=N\N2C(=O)[C@H]3C4c5ccccc5C(c5ccccc54)[C@@H]3C2=O)c2ccccc21. The summed E-state index contributed by atoms with van der Waals surface area (Å²) >= 11 is 0. The molecular formula is C31H23N3O2. The molecule has 3 aromatic carbocycles. The topological polar surface area (TPSA) is 54.7 Å². The molecule has 5 nitrogen and oxygen atoms in total. The number of nitrogens with zero attached hydrogens (tertiary/aromatic N) is 3. The first-order chi connectivity index (χ1) is 17.6. The Kier molecular flexibility index (Phi) is 4.37. The molecule has 2 amide bonds. The maximum Gasteiger partial charge on any atom is 0.254 e. The summed E-state index contributed by atoms with van der Waals surface area (Å²) < 4.78 is 2.05. The average Bonchev–Trinajstić information content (AvgIpc) is 3.33. The van der Waals surface area contributed by atoms with Gasteiger partial charge in [-0.2, -0.15) is 10.1 Å². The Morgan fingerprint density at radius 3 is 1.86 bits per heavy atom. The molecular weight excluding hydrogens is 446 g/mol. The number of terminal acetylenes is 1. The van der Waals surface area contributed by atoms with Gasteiger partial charge in [-0.15, -0.1) is 6.42 Å². The fraction of sp³-hybridized carbons (Fsp3) is 0.194. The van der Waals surface area contributed by atoms with E-state index in [1.807, 2.05) is 55.5 Å². The molecule has 4 aliphatic rings. The molecule has 1 saturated heterocycles. The molecule has 0 N–H and O–H groups in total. The minimum atomic E-state index is -0.437. The lowest BCUT2D eigenvalue weighted by molar-refractivity contribution is -0.139. The molecule has 2 atom stereocenters. The fourth-order valence-corrected chi connectivity index (χ4v) is 6.81.